The van der Waals surface area contributed by atoms with Gasteiger partial charge in [0, 0.05) is 11.4 Å². The van der Waals surface area contributed by atoms with Crippen LogP contribution in [0, 0.1) is 19.8 Å². The van der Waals surface area contributed by atoms with Gasteiger partial charge in [0.25, 0.3) is 0 Å². The predicted molar refractivity (Wildman–Crippen MR) is 61.4 cm³/mol. The normalized spacial score (nSPS) is 12.6. The molecule has 0 aromatic carbocycles. The monoisotopic (exact) mass is 223 g/mol. The van der Waals surface area contributed by atoms with Gasteiger partial charge in [-0.2, -0.15) is 0 Å². The Kier molecular flexibility index (Phi) is 3.82. The number of carboxylic acid groups (broad SMARTS) is 1. The molecule has 0 aliphatic heterocycles. The number of anilines is 1. The van der Waals surface area contributed by atoms with E-state index in [-0.39, 0.29) is 5.92 Å². The SMILES string of the molecule is Cc1cc(C)nc(N[C@@H](C(=O)O)C(C)C)n1. The molecule has 0 amide bonds. The molecule has 0 unspecified atom stereocenters. The van der Waals surface area contributed by atoms with Crippen LogP contribution in [0.4, 0.5) is 5.95 Å². The number of aryl methyl sites for hydroxylation is 2. The van der Waals surface area contributed by atoms with Crippen molar-refractivity contribution in [2.75, 3.05) is 5.32 Å². The number of carbonyl (C=O) groups is 1. The molecule has 88 valence electrons. The van der Waals surface area contributed by atoms with Gasteiger partial charge in [0.1, 0.15) is 6.04 Å². The Bertz CT molecular complexity index is 371. The average molecular weight is 223 g/mol. The summed E-state index contributed by atoms with van der Waals surface area (Å²) in [5.74, 6) is -0.543. The summed E-state index contributed by atoms with van der Waals surface area (Å²) in [4.78, 5) is 19.3. The molecule has 5 heteroatoms. The van der Waals surface area contributed by atoms with Gasteiger partial charge in [0.2, 0.25) is 5.95 Å². The second-order valence-corrected chi connectivity index (χ2v) is 4.18. The minimum absolute atomic E-state index is 0.0260. The first-order valence-electron chi connectivity index (χ1n) is 5.21. The van der Waals surface area contributed by atoms with Gasteiger partial charge in [0.05, 0.1) is 0 Å². The van der Waals surface area contributed by atoms with Gasteiger partial charge >= 0.3 is 5.97 Å². The number of hydrogen-bond donors (Lipinski definition) is 2. The second-order valence-electron chi connectivity index (χ2n) is 4.18. The van der Waals surface area contributed by atoms with E-state index in [1.165, 1.54) is 0 Å². The molecule has 1 heterocycles. The minimum atomic E-state index is -0.891. The summed E-state index contributed by atoms with van der Waals surface area (Å²) >= 11 is 0. The van der Waals surface area contributed by atoms with Crippen LogP contribution in [0.3, 0.4) is 0 Å². The lowest BCUT2D eigenvalue weighted by Crippen LogP contribution is -2.35. The van der Waals surface area contributed by atoms with E-state index in [0.29, 0.717) is 5.95 Å². The van der Waals surface area contributed by atoms with Crippen LogP contribution in [0.2, 0.25) is 0 Å². The standard InChI is InChI=1S/C11H17N3O2/c1-6(2)9(10(15)16)14-11-12-7(3)5-8(4)13-11/h5-6,9H,1-4H3,(H,15,16)(H,12,13,14)/t9-/m1/s1. The summed E-state index contributed by atoms with van der Waals surface area (Å²) in [6.45, 7) is 7.39. The number of hydrogen-bond acceptors (Lipinski definition) is 4. The van der Waals surface area contributed by atoms with Crippen LogP contribution in [0.25, 0.3) is 0 Å². The van der Waals surface area contributed by atoms with Gasteiger partial charge in [-0.15, -0.1) is 0 Å². The summed E-state index contributed by atoms with van der Waals surface area (Å²) in [6, 6.07) is 1.18. The average Bonchev–Trinajstić information content (AvgIpc) is 2.11. The van der Waals surface area contributed by atoms with E-state index in [1.807, 2.05) is 33.8 Å². The molecule has 0 saturated heterocycles. The van der Waals surface area contributed by atoms with Crippen molar-refractivity contribution >= 4 is 11.9 Å². The van der Waals surface area contributed by atoms with Gasteiger partial charge in [-0.1, -0.05) is 13.8 Å². The molecule has 2 N–H and O–H groups in total. The van der Waals surface area contributed by atoms with Gasteiger partial charge in [-0.25, -0.2) is 14.8 Å². The molecule has 0 fully saturated rings. The molecular weight excluding hydrogens is 206 g/mol. The first-order valence-corrected chi connectivity index (χ1v) is 5.21. The van der Waals surface area contributed by atoms with Crippen LogP contribution in [0.5, 0.6) is 0 Å². The molecule has 1 aromatic rings. The Labute approximate surface area is 94.9 Å². The van der Waals surface area contributed by atoms with E-state index in [0.717, 1.165) is 11.4 Å². The first-order chi connectivity index (χ1) is 7.40. The lowest BCUT2D eigenvalue weighted by molar-refractivity contribution is -0.138. The number of aromatic nitrogens is 2. The number of nitrogens with one attached hydrogen (secondary N) is 1. The van der Waals surface area contributed by atoms with Crippen LogP contribution in [0.1, 0.15) is 25.2 Å². The first kappa shape index (κ1) is 12.4. The molecule has 0 saturated carbocycles. The van der Waals surface area contributed by atoms with Crippen LogP contribution in [0.15, 0.2) is 6.07 Å². The number of rotatable bonds is 4. The summed E-state index contributed by atoms with van der Waals surface area (Å²) < 4.78 is 0. The van der Waals surface area contributed by atoms with Crippen molar-refractivity contribution in [3.63, 3.8) is 0 Å². The zero-order chi connectivity index (χ0) is 12.3. The summed E-state index contributed by atoms with van der Waals surface area (Å²) in [5.41, 5.74) is 1.64. The van der Waals surface area contributed by atoms with Gasteiger partial charge in [-0.3, -0.25) is 0 Å². The third-order valence-electron chi connectivity index (χ3n) is 2.20. The summed E-state index contributed by atoms with van der Waals surface area (Å²) in [5, 5.41) is 11.9. The fraction of sp³-hybridized carbons (Fsp3) is 0.545. The molecule has 0 aliphatic carbocycles. The Hall–Kier alpha value is -1.65. The Morgan fingerprint density at radius 1 is 1.31 bits per heavy atom. The smallest absolute Gasteiger partial charge is 0.326 e. The third kappa shape index (κ3) is 3.18. The molecule has 0 bridgehead atoms. The highest BCUT2D eigenvalue weighted by atomic mass is 16.4. The van der Waals surface area contributed by atoms with Crippen LogP contribution < -0.4 is 5.32 Å². The summed E-state index contributed by atoms with van der Waals surface area (Å²) in [7, 11) is 0. The third-order valence-corrected chi connectivity index (χ3v) is 2.20. The van der Waals surface area contributed by atoms with E-state index in [9.17, 15) is 4.79 Å². The van der Waals surface area contributed by atoms with E-state index in [1.54, 1.807) is 0 Å². The van der Waals surface area contributed by atoms with Crippen LogP contribution in [-0.4, -0.2) is 27.1 Å². The van der Waals surface area contributed by atoms with Gasteiger partial charge < -0.3 is 10.4 Å². The lowest BCUT2D eigenvalue weighted by atomic mass is 10.1. The zero-order valence-electron chi connectivity index (χ0n) is 9.98. The van der Waals surface area contributed by atoms with Crippen molar-refractivity contribution in [2.45, 2.75) is 33.7 Å². The lowest BCUT2D eigenvalue weighted by Gasteiger charge is -2.18. The molecule has 0 aliphatic rings. The Balaban J connectivity index is 2.89. The second kappa shape index (κ2) is 4.92. The topological polar surface area (TPSA) is 75.1 Å². The molecule has 16 heavy (non-hydrogen) atoms. The number of carboxylic acids is 1. The zero-order valence-corrected chi connectivity index (χ0v) is 9.98. The molecule has 1 rings (SSSR count). The number of aliphatic carboxylic acids is 1. The quantitative estimate of drug-likeness (QED) is 0.811. The van der Waals surface area contributed by atoms with Crippen molar-refractivity contribution in [2.24, 2.45) is 5.92 Å². The van der Waals surface area contributed by atoms with Gasteiger partial charge in [-0.05, 0) is 25.8 Å². The van der Waals surface area contributed by atoms with E-state index in [4.69, 9.17) is 5.11 Å². The Morgan fingerprint density at radius 2 is 1.81 bits per heavy atom. The number of nitrogens with zero attached hydrogens (tertiary/aromatic N) is 2. The molecule has 0 radical (unpaired) electrons. The van der Waals surface area contributed by atoms with Crippen LogP contribution in [-0.2, 0) is 4.79 Å². The molecular formula is C11H17N3O2. The summed E-state index contributed by atoms with van der Waals surface area (Å²) in [6.07, 6.45) is 0. The van der Waals surface area contributed by atoms with Crippen molar-refractivity contribution < 1.29 is 9.90 Å². The van der Waals surface area contributed by atoms with Gasteiger partial charge in [0.15, 0.2) is 0 Å². The predicted octanol–water partition coefficient (Wildman–Crippen LogP) is 1.61. The van der Waals surface area contributed by atoms with E-state index in [2.05, 4.69) is 15.3 Å². The highest BCUT2D eigenvalue weighted by Gasteiger charge is 2.22. The molecule has 1 atom stereocenters. The van der Waals surface area contributed by atoms with Crippen molar-refractivity contribution in [1.82, 2.24) is 9.97 Å². The maximum atomic E-state index is 11.0. The molecule has 0 spiro atoms. The van der Waals surface area contributed by atoms with Crippen LogP contribution >= 0.6 is 0 Å². The Morgan fingerprint density at radius 3 is 2.19 bits per heavy atom. The fourth-order valence-corrected chi connectivity index (χ4v) is 1.44. The van der Waals surface area contributed by atoms with Crippen molar-refractivity contribution in [1.29, 1.82) is 0 Å². The largest absolute Gasteiger partial charge is 0.480 e. The van der Waals surface area contributed by atoms with E-state index >= 15 is 0 Å². The van der Waals surface area contributed by atoms with Crippen molar-refractivity contribution in [3.8, 4) is 0 Å². The highest BCUT2D eigenvalue weighted by molar-refractivity contribution is 5.76. The minimum Gasteiger partial charge on any atom is -0.480 e. The highest BCUT2D eigenvalue weighted by Crippen LogP contribution is 2.10. The molecule has 1 aromatic heterocycles. The molecule has 5 nitrogen and oxygen atoms in total. The maximum absolute atomic E-state index is 11.0. The van der Waals surface area contributed by atoms with Crippen molar-refractivity contribution in [3.05, 3.63) is 17.5 Å². The van der Waals surface area contributed by atoms with E-state index < -0.39 is 12.0 Å². The maximum Gasteiger partial charge on any atom is 0.326 e. The fourth-order valence-electron chi connectivity index (χ4n) is 1.44.